The average molecular weight is 320 g/mol. The Morgan fingerprint density at radius 2 is 2.13 bits per heavy atom. The Kier molecular flexibility index (Phi) is 6.24. The molecule has 0 saturated carbocycles. The van der Waals surface area contributed by atoms with E-state index in [9.17, 15) is 4.79 Å². The van der Waals surface area contributed by atoms with Gasteiger partial charge in [0, 0.05) is 25.3 Å². The molecule has 0 radical (unpaired) electrons. The minimum Gasteiger partial charge on any atom is -0.495 e. The van der Waals surface area contributed by atoms with Gasteiger partial charge in [-0.3, -0.25) is 9.69 Å². The zero-order valence-electron chi connectivity index (χ0n) is 14.3. The van der Waals surface area contributed by atoms with Crippen molar-refractivity contribution in [3.63, 3.8) is 0 Å². The lowest BCUT2D eigenvalue weighted by Gasteiger charge is -2.32. The molecule has 0 aromatic heterocycles. The normalized spacial score (nSPS) is 17.6. The van der Waals surface area contributed by atoms with Crippen LogP contribution in [-0.4, -0.2) is 50.1 Å². The van der Waals surface area contributed by atoms with E-state index in [1.165, 1.54) is 0 Å². The van der Waals surface area contributed by atoms with Crippen molar-refractivity contribution in [2.24, 2.45) is 5.92 Å². The van der Waals surface area contributed by atoms with E-state index in [0.29, 0.717) is 17.1 Å². The smallest absolute Gasteiger partial charge is 0.241 e. The standard InChI is InChI=1S/C17H28N4O2/c1-12(2)16(21-9-4-7-19-8-10-21)17(22)20-13-5-6-15(23-3)14(18)11-13/h5-6,11-12,16,19H,4,7-10,18H2,1-3H3,(H,20,22). The molecule has 4 N–H and O–H groups in total. The number of benzene rings is 1. The molecule has 1 aliphatic rings. The van der Waals surface area contributed by atoms with Gasteiger partial charge in [-0.1, -0.05) is 13.8 Å². The van der Waals surface area contributed by atoms with Gasteiger partial charge in [0.2, 0.25) is 5.91 Å². The van der Waals surface area contributed by atoms with E-state index >= 15 is 0 Å². The first-order valence-electron chi connectivity index (χ1n) is 8.22. The number of nitrogens with two attached hydrogens (primary N) is 1. The number of hydrogen-bond donors (Lipinski definition) is 3. The minimum atomic E-state index is -0.141. The summed E-state index contributed by atoms with van der Waals surface area (Å²) < 4.78 is 5.15. The largest absolute Gasteiger partial charge is 0.495 e. The van der Waals surface area contributed by atoms with Crippen LogP contribution in [0.2, 0.25) is 0 Å². The van der Waals surface area contributed by atoms with Crippen LogP contribution >= 0.6 is 0 Å². The number of nitrogen functional groups attached to an aromatic ring is 1. The molecule has 1 atom stereocenters. The van der Waals surface area contributed by atoms with Gasteiger partial charge in [0.1, 0.15) is 5.75 Å². The second-order valence-corrected chi connectivity index (χ2v) is 6.27. The maximum atomic E-state index is 12.8. The van der Waals surface area contributed by atoms with E-state index in [0.717, 1.165) is 32.6 Å². The molecule has 1 saturated heterocycles. The average Bonchev–Trinajstić information content (AvgIpc) is 2.76. The van der Waals surface area contributed by atoms with Crippen molar-refractivity contribution in [2.75, 3.05) is 44.3 Å². The highest BCUT2D eigenvalue weighted by Crippen LogP contribution is 2.25. The summed E-state index contributed by atoms with van der Waals surface area (Å²) in [6.07, 6.45) is 1.06. The molecule has 1 aromatic carbocycles. The SMILES string of the molecule is COc1ccc(NC(=O)C(C(C)C)N2CCCNCC2)cc1N. The molecule has 0 bridgehead atoms. The van der Waals surface area contributed by atoms with E-state index < -0.39 is 0 Å². The molecule has 23 heavy (non-hydrogen) atoms. The summed E-state index contributed by atoms with van der Waals surface area (Å²) in [6, 6.07) is 5.18. The Hall–Kier alpha value is -1.79. The molecule has 6 nitrogen and oxygen atoms in total. The molecule has 1 unspecified atom stereocenters. The van der Waals surface area contributed by atoms with Gasteiger partial charge < -0.3 is 21.1 Å². The second-order valence-electron chi connectivity index (χ2n) is 6.27. The van der Waals surface area contributed by atoms with Crippen LogP contribution in [0, 0.1) is 5.92 Å². The van der Waals surface area contributed by atoms with E-state index in [4.69, 9.17) is 10.5 Å². The maximum Gasteiger partial charge on any atom is 0.241 e. The Balaban J connectivity index is 2.10. The first-order chi connectivity index (χ1) is 11.0. The van der Waals surface area contributed by atoms with Crippen molar-refractivity contribution in [1.29, 1.82) is 0 Å². The molecule has 0 spiro atoms. The zero-order valence-corrected chi connectivity index (χ0v) is 14.3. The minimum absolute atomic E-state index is 0.0199. The van der Waals surface area contributed by atoms with Crippen molar-refractivity contribution in [3.05, 3.63) is 18.2 Å². The maximum absolute atomic E-state index is 12.8. The third-order valence-electron chi connectivity index (χ3n) is 4.17. The van der Waals surface area contributed by atoms with Crippen LogP contribution in [0.1, 0.15) is 20.3 Å². The highest BCUT2D eigenvalue weighted by atomic mass is 16.5. The Bertz CT molecular complexity index is 525. The van der Waals surface area contributed by atoms with Crippen LogP contribution in [0.5, 0.6) is 5.75 Å². The fraction of sp³-hybridized carbons (Fsp3) is 0.588. The molecule has 1 amide bonds. The number of nitrogens with zero attached hydrogens (tertiary/aromatic N) is 1. The van der Waals surface area contributed by atoms with E-state index in [1.807, 2.05) is 6.07 Å². The van der Waals surface area contributed by atoms with Crippen molar-refractivity contribution in [3.8, 4) is 5.75 Å². The third-order valence-corrected chi connectivity index (χ3v) is 4.17. The Morgan fingerprint density at radius 1 is 1.35 bits per heavy atom. The number of hydrogen-bond acceptors (Lipinski definition) is 5. The number of carbonyl (C=O) groups excluding carboxylic acids is 1. The summed E-state index contributed by atoms with van der Waals surface area (Å²) in [5, 5.41) is 6.37. The van der Waals surface area contributed by atoms with Gasteiger partial charge in [0.15, 0.2) is 0 Å². The number of ether oxygens (including phenoxy) is 1. The van der Waals surface area contributed by atoms with Gasteiger partial charge in [-0.05, 0) is 37.1 Å². The van der Waals surface area contributed by atoms with E-state index in [2.05, 4.69) is 29.4 Å². The molecule has 1 aromatic rings. The van der Waals surface area contributed by atoms with Crippen molar-refractivity contribution in [1.82, 2.24) is 10.2 Å². The van der Waals surface area contributed by atoms with Gasteiger partial charge in [0.25, 0.3) is 0 Å². The molecular formula is C17H28N4O2. The van der Waals surface area contributed by atoms with Crippen molar-refractivity contribution >= 4 is 17.3 Å². The van der Waals surface area contributed by atoms with Gasteiger partial charge in [0.05, 0.1) is 18.8 Å². The molecule has 6 heteroatoms. The Morgan fingerprint density at radius 3 is 2.78 bits per heavy atom. The van der Waals surface area contributed by atoms with Gasteiger partial charge >= 0.3 is 0 Å². The molecule has 1 heterocycles. The highest BCUT2D eigenvalue weighted by Gasteiger charge is 2.29. The van der Waals surface area contributed by atoms with Gasteiger partial charge in [-0.2, -0.15) is 0 Å². The summed E-state index contributed by atoms with van der Waals surface area (Å²) in [4.78, 5) is 15.1. The van der Waals surface area contributed by atoms with Crippen molar-refractivity contribution in [2.45, 2.75) is 26.3 Å². The molecule has 0 aliphatic carbocycles. The van der Waals surface area contributed by atoms with E-state index in [1.54, 1.807) is 19.2 Å². The zero-order chi connectivity index (χ0) is 16.8. The lowest BCUT2D eigenvalue weighted by molar-refractivity contribution is -0.122. The fourth-order valence-corrected chi connectivity index (χ4v) is 3.06. The summed E-state index contributed by atoms with van der Waals surface area (Å²) in [7, 11) is 1.58. The molecule has 1 fully saturated rings. The molecule has 128 valence electrons. The summed E-state index contributed by atoms with van der Waals surface area (Å²) >= 11 is 0. The predicted octanol–water partition coefficient (Wildman–Crippen LogP) is 1.54. The third kappa shape index (κ3) is 4.59. The summed E-state index contributed by atoms with van der Waals surface area (Å²) in [5.41, 5.74) is 7.13. The molecular weight excluding hydrogens is 292 g/mol. The van der Waals surface area contributed by atoms with Crippen LogP contribution in [0.25, 0.3) is 0 Å². The number of rotatable bonds is 5. The Labute approximate surface area is 138 Å². The van der Waals surface area contributed by atoms with E-state index in [-0.39, 0.29) is 17.9 Å². The summed E-state index contributed by atoms with van der Waals surface area (Å²) in [6.45, 7) is 7.94. The lowest BCUT2D eigenvalue weighted by Crippen LogP contribution is -2.48. The number of methoxy groups -OCH3 is 1. The van der Waals surface area contributed by atoms with Crippen LogP contribution in [-0.2, 0) is 4.79 Å². The second kappa shape index (κ2) is 8.17. The van der Waals surface area contributed by atoms with Gasteiger partial charge in [-0.15, -0.1) is 0 Å². The number of anilines is 2. The first-order valence-corrected chi connectivity index (χ1v) is 8.22. The van der Waals surface area contributed by atoms with Gasteiger partial charge in [-0.25, -0.2) is 0 Å². The number of nitrogens with one attached hydrogen (secondary N) is 2. The monoisotopic (exact) mass is 320 g/mol. The fourth-order valence-electron chi connectivity index (χ4n) is 3.06. The first kappa shape index (κ1) is 17.6. The highest BCUT2D eigenvalue weighted by molar-refractivity contribution is 5.95. The van der Waals surface area contributed by atoms with Crippen molar-refractivity contribution < 1.29 is 9.53 Å². The number of amides is 1. The molecule has 1 aliphatic heterocycles. The predicted molar refractivity (Wildman–Crippen MR) is 93.7 cm³/mol. The van der Waals surface area contributed by atoms with Crippen LogP contribution in [0.3, 0.4) is 0 Å². The van der Waals surface area contributed by atoms with Crippen LogP contribution in [0.4, 0.5) is 11.4 Å². The molecule has 2 rings (SSSR count). The quantitative estimate of drug-likeness (QED) is 0.717. The number of carbonyl (C=O) groups is 1. The topological polar surface area (TPSA) is 79.6 Å². The summed E-state index contributed by atoms with van der Waals surface area (Å²) in [5.74, 6) is 0.872. The van der Waals surface area contributed by atoms with Crippen LogP contribution in [0.15, 0.2) is 18.2 Å². The lowest BCUT2D eigenvalue weighted by atomic mass is 10.0. The van der Waals surface area contributed by atoms with Crippen LogP contribution < -0.4 is 21.1 Å².